The van der Waals surface area contributed by atoms with E-state index in [1.807, 2.05) is 0 Å². The zero-order valence-electron chi connectivity index (χ0n) is 13.2. The lowest BCUT2D eigenvalue weighted by molar-refractivity contribution is -0.384. The fourth-order valence-electron chi connectivity index (χ4n) is 2.25. The van der Waals surface area contributed by atoms with Gasteiger partial charge in [0.15, 0.2) is 11.5 Å². The third-order valence-corrected chi connectivity index (χ3v) is 4.39. The fourth-order valence-corrected chi connectivity index (χ4v) is 3.04. The SMILES string of the molecule is N#CC(=Cc1ccc(O)c(O)c1)c1nc(-c2cccc([N+](=O)[O-])c2)cs1. The Balaban J connectivity index is 1.96. The maximum Gasteiger partial charge on any atom is 0.270 e. The molecule has 0 saturated carbocycles. The maximum atomic E-state index is 10.9. The van der Waals surface area contributed by atoms with Crippen LogP contribution in [-0.2, 0) is 0 Å². The molecular weight excluding hydrogens is 354 g/mol. The number of nitriles is 1. The van der Waals surface area contributed by atoms with Gasteiger partial charge in [0.05, 0.1) is 16.2 Å². The molecule has 0 spiro atoms. The smallest absolute Gasteiger partial charge is 0.270 e. The first-order valence-electron chi connectivity index (χ1n) is 7.32. The number of nitro benzene ring substituents is 1. The van der Waals surface area contributed by atoms with E-state index in [1.165, 1.54) is 41.7 Å². The molecule has 0 aliphatic carbocycles. The highest BCUT2D eigenvalue weighted by molar-refractivity contribution is 7.11. The van der Waals surface area contributed by atoms with Crippen molar-refractivity contribution in [2.75, 3.05) is 0 Å². The molecular formula is C18H11N3O4S. The highest BCUT2D eigenvalue weighted by Gasteiger charge is 2.12. The first kappa shape index (κ1) is 17.1. The molecule has 0 aliphatic rings. The summed E-state index contributed by atoms with van der Waals surface area (Å²) in [4.78, 5) is 14.8. The lowest BCUT2D eigenvalue weighted by Crippen LogP contribution is -1.88. The molecule has 1 aromatic heterocycles. The Kier molecular flexibility index (Phi) is 4.64. The Morgan fingerprint density at radius 3 is 2.73 bits per heavy atom. The molecule has 0 saturated heterocycles. The van der Waals surface area contributed by atoms with Crippen LogP contribution >= 0.6 is 11.3 Å². The average molecular weight is 365 g/mol. The Labute approximate surface area is 151 Å². The number of nitro groups is 1. The molecule has 3 aromatic rings. The molecule has 26 heavy (non-hydrogen) atoms. The molecule has 0 radical (unpaired) electrons. The number of aromatic nitrogens is 1. The third kappa shape index (κ3) is 3.53. The van der Waals surface area contributed by atoms with Crippen LogP contribution in [0.2, 0.25) is 0 Å². The van der Waals surface area contributed by atoms with E-state index >= 15 is 0 Å². The van der Waals surface area contributed by atoms with Gasteiger partial charge in [-0.1, -0.05) is 18.2 Å². The van der Waals surface area contributed by atoms with Crippen LogP contribution in [0.15, 0.2) is 47.8 Å². The Morgan fingerprint density at radius 2 is 2.04 bits per heavy atom. The van der Waals surface area contributed by atoms with Crippen molar-refractivity contribution in [3.05, 3.63) is 68.5 Å². The zero-order chi connectivity index (χ0) is 18.7. The number of phenols is 2. The fraction of sp³-hybridized carbons (Fsp3) is 0. The minimum absolute atomic E-state index is 0.0346. The number of benzene rings is 2. The molecule has 7 nitrogen and oxygen atoms in total. The van der Waals surface area contributed by atoms with Crippen LogP contribution in [-0.4, -0.2) is 20.1 Å². The topological polar surface area (TPSA) is 120 Å². The summed E-state index contributed by atoms with van der Waals surface area (Å²) in [5.41, 5.74) is 1.89. The summed E-state index contributed by atoms with van der Waals surface area (Å²) in [7, 11) is 0. The molecule has 0 bridgehead atoms. The van der Waals surface area contributed by atoms with Gasteiger partial charge in [-0.25, -0.2) is 4.98 Å². The van der Waals surface area contributed by atoms with E-state index in [4.69, 9.17) is 0 Å². The van der Waals surface area contributed by atoms with Gasteiger partial charge < -0.3 is 10.2 Å². The second-order valence-corrected chi connectivity index (χ2v) is 6.12. The van der Waals surface area contributed by atoms with Crippen LogP contribution < -0.4 is 0 Å². The van der Waals surface area contributed by atoms with Gasteiger partial charge in [0, 0.05) is 23.1 Å². The molecule has 8 heteroatoms. The summed E-state index contributed by atoms with van der Waals surface area (Å²) < 4.78 is 0. The van der Waals surface area contributed by atoms with Crippen molar-refractivity contribution in [3.63, 3.8) is 0 Å². The van der Waals surface area contributed by atoms with Crippen molar-refractivity contribution in [1.82, 2.24) is 4.98 Å². The standard InChI is InChI=1S/C18H11N3O4S/c19-9-13(6-11-4-5-16(22)17(23)7-11)18-20-15(10-26-18)12-2-1-3-14(8-12)21(24)25/h1-8,10,22-23H. The molecule has 128 valence electrons. The van der Waals surface area contributed by atoms with Gasteiger partial charge in [-0.05, 0) is 23.8 Å². The van der Waals surface area contributed by atoms with Crippen molar-refractivity contribution in [2.24, 2.45) is 0 Å². The Hall–Kier alpha value is -3.70. The van der Waals surface area contributed by atoms with Gasteiger partial charge in [0.2, 0.25) is 0 Å². The molecule has 3 rings (SSSR count). The minimum atomic E-state index is -0.477. The van der Waals surface area contributed by atoms with Gasteiger partial charge in [-0.2, -0.15) is 5.26 Å². The first-order chi connectivity index (χ1) is 12.5. The molecule has 0 unspecified atom stereocenters. The lowest BCUT2D eigenvalue weighted by Gasteiger charge is -2.00. The van der Waals surface area contributed by atoms with Gasteiger partial charge >= 0.3 is 0 Å². The number of hydrogen-bond acceptors (Lipinski definition) is 7. The van der Waals surface area contributed by atoms with Gasteiger partial charge in [0.25, 0.3) is 5.69 Å². The summed E-state index contributed by atoms with van der Waals surface area (Å²) in [6.45, 7) is 0. The number of non-ortho nitro benzene ring substituents is 1. The number of aromatic hydroxyl groups is 2. The van der Waals surface area contributed by atoms with Crippen LogP contribution in [0, 0.1) is 21.4 Å². The predicted molar refractivity (Wildman–Crippen MR) is 97.5 cm³/mol. The number of nitrogens with zero attached hydrogens (tertiary/aromatic N) is 3. The van der Waals surface area contributed by atoms with E-state index < -0.39 is 4.92 Å². The molecule has 0 atom stereocenters. The third-order valence-electron chi connectivity index (χ3n) is 3.52. The Morgan fingerprint density at radius 1 is 1.23 bits per heavy atom. The molecule has 1 heterocycles. The van der Waals surface area contributed by atoms with Gasteiger partial charge in [-0.3, -0.25) is 10.1 Å². The summed E-state index contributed by atoms with van der Waals surface area (Å²) in [6, 6.07) is 12.4. The summed E-state index contributed by atoms with van der Waals surface area (Å²) in [6.07, 6.45) is 1.54. The van der Waals surface area contributed by atoms with Crippen LogP contribution in [0.1, 0.15) is 10.6 Å². The highest BCUT2D eigenvalue weighted by atomic mass is 32.1. The first-order valence-corrected chi connectivity index (χ1v) is 8.20. The summed E-state index contributed by atoms with van der Waals surface area (Å²) in [5, 5.41) is 41.4. The van der Waals surface area contributed by atoms with E-state index in [9.17, 15) is 25.6 Å². The molecule has 2 N–H and O–H groups in total. The van der Waals surface area contributed by atoms with Crippen LogP contribution in [0.4, 0.5) is 5.69 Å². The van der Waals surface area contributed by atoms with Crippen molar-refractivity contribution in [2.45, 2.75) is 0 Å². The van der Waals surface area contributed by atoms with Crippen molar-refractivity contribution < 1.29 is 15.1 Å². The molecule has 0 aliphatic heterocycles. The monoisotopic (exact) mass is 365 g/mol. The molecule has 0 amide bonds. The Bertz CT molecular complexity index is 1070. The number of rotatable bonds is 4. The second-order valence-electron chi connectivity index (χ2n) is 5.26. The predicted octanol–water partition coefficient (Wildman–Crippen LogP) is 4.19. The van der Waals surface area contributed by atoms with Gasteiger partial charge in [0.1, 0.15) is 11.1 Å². The summed E-state index contributed by atoms with van der Waals surface area (Å²) >= 11 is 1.23. The van der Waals surface area contributed by atoms with E-state index in [0.29, 0.717) is 21.8 Å². The van der Waals surface area contributed by atoms with E-state index in [2.05, 4.69) is 11.1 Å². The number of allylic oxidation sites excluding steroid dienone is 1. The van der Waals surface area contributed by atoms with Crippen molar-refractivity contribution in [3.8, 4) is 28.8 Å². The second kappa shape index (κ2) is 7.04. The van der Waals surface area contributed by atoms with E-state index in [0.717, 1.165) is 0 Å². The van der Waals surface area contributed by atoms with E-state index in [1.54, 1.807) is 23.6 Å². The van der Waals surface area contributed by atoms with Crippen molar-refractivity contribution in [1.29, 1.82) is 5.26 Å². The van der Waals surface area contributed by atoms with E-state index in [-0.39, 0.29) is 22.8 Å². The number of phenolic OH excluding ortho intramolecular Hbond substituents is 2. The molecule has 2 aromatic carbocycles. The number of thiazole rings is 1. The van der Waals surface area contributed by atoms with Gasteiger partial charge in [-0.15, -0.1) is 11.3 Å². The zero-order valence-corrected chi connectivity index (χ0v) is 14.0. The quantitative estimate of drug-likeness (QED) is 0.309. The highest BCUT2D eigenvalue weighted by Crippen LogP contribution is 2.30. The molecule has 0 fully saturated rings. The lowest BCUT2D eigenvalue weighted by atomic mass is 10.1. The largest absolute Gasteiger partial charge is 0.504 e. The van der Waals surface area contributed by atoms with Crippen molar-refractivity contribution >= 4 is 28.7 Å². The number of hydrogen-bond donors (Lipinski definition) is 2. The maximum absolute atomic E-state index is 10.9. The normalized spacial score (nSPS) is 11.1. The van der Waals surface area contributed by atoms with Crippen LogP contribution in [0.3, 0.4) is 0 Å². The summed E-state index contributed by atoms with van der Waals surface area (Å²) in [5.74, 6) is -0.532. The van der Waals surface area contributed by atoms with Crippen LogP contribution in [0.25, 0.3) is 22.9 Å². The average Bonchev–Trinajstić information content (AvgIpc) is 3.12. The minimum Gasteiger partial charge on any atom is -0.504 e. The van der Waals surface area contributed by atoms with Crippen LogP contribution in [0.5, 0.6) is 11.5 Å².